The lowest BCUT2D eigenvalue weighted by Crippen LogP contribution is -2.59. The van der Waals surface area contributed by atoms with Crippen molar-refractivity contribution in [3.63, 3.8) is 0 Å². The first-order valence-corrected chi connectivity index (χ1v) is 11.4. The number of ether oxygens (including phenoxy) is 2. The van der Waals surface area contributed by atoms with Crippen LogP contribution in [0.1, 0.15) is 48.2 Å². The van der Waals surface area contributed by atoms with Gasteiger partial charge in [0.25, 0.3) is 5.91 Å². The van der Waals surface area contributed by atoms with E-state index in [1.807, 2.05) is 29.6 Å². The van der Waals surface area contributed by atoms with Gasteiger partial charge in [-0.3, -0.25) is 9.69 Å². The van der Waals surface area contributed by atoms with Gasteiger partial charge >= 0.3 is 0 Å². The molecule has 1 N–H and O–H groups in total. The van der Waals surface area contributed by atoms with E-state index in [-0.39, 0.29) is 11.4 Å². The Morgan fingerprint density at radius 1 is 1.17 bits per heavy atom. The van der Waals surface area contributed by atoms with E-state index in [1.54, 1.807) is 16.8 Å². The van der Waals surface area contributed by atoms with Gasteiger partial charge in [-0.05, 0) is 37.1 Å². The second kappa shape index (κ2) is 9.69. The van der Waals surface area contributed by atoms with Crippen LogP contribution in [0.5, 0.6) is 5.75 Å². The number of rotatable bonds is 7. The summed E-state index contributed by atoms with van der Waals surface area (Å²) in [5.41, 5.74) is 3.45. The fourth-order valence-electron chi connectivity index (χ4n) is 4.37. The van der Waals surface area contributed by atoms with Gasteiger partial charge < -0.3 is 14.8 Å². The van der Waals surface area contributed by atoms with E-state index in [1.165, 1.54) is 19.3 Å². The van der Waals surface area contributed by atoms with Crippen molar-refractivity contribution in [1.82, 2.24) is 15.2 Å². The van der Waals surface area contributed by atoms with Gasteiger partial charge in [0, 0.05) is 36.1 Å². The molecule has 2 aliphatic rings. The first kappa shape index (κ1) is 20.3. The first-order valence-electron chi connectivity index (χ1n) is 10.5. The van der Waals surface area contributed by atoms with Gasteiger partial charge in [0.05, 0.1) is 24.4 Å². The Balaban J connectivity index is 1.33. The molecule has 1 aliphatic carbocycles. The molecule has 1 aliphatic heterocycles. The highest BCUT2D eigenvalue weighted by Crippen LogP contribution is 2.34. The normalized spacial score (nSPS) is 19.6. The summed E-state index contributed by atoms with van der Waals surface area (Å²) in [5.74, 6) is 0.723. The van der Waals surface area contributed by atoms with Gasteiger partial charge in [-0.25, -0.2) is 4.98 Å². The average Bonchev–Trinajstić information content (AvgIpc) is 3.31. The molecule has 1 saturated carbocycles. The van der Waals surface area contributed by atoms with Crippen LogP contribution in [0, 0.1) is 0 Å². The highest BCUT2D eigenvalue weighted by molar-refractivity contribution is 7.07. The van der Waals surface area contributed by atoms with Crippen molar-refractivity contribution in [1.29, 1.82) is 0 Å². The van der Waals surface area contributed by atoms with Gasteiger partial charge in [0.2, 0.25) is 0 Å². The molecule has 29 heavy (non-hydrogen) atoms. The van der Waals surface area contributed by atoms with Crippen LogP contribution < -0.4 is 10.1 Å². The third-order valence-electron chi connectivity index (χ3n) is 6.03. The molecule has 2 aromatic rings. The lowest BCUT2D eigenvalue weighted by molar-refractivity contribution is -0.0361. The zero-order valence-corrected chi connectivity index (χ0v) is 17.6. The summed E-state index contributed by atoms with van der Waals surface area (Å²) in [6, 6.07) is 7.35. The van der Waals surface area contributed by atoms with Crippen molar-refractivity contribution in [2.24, 2.45) is 0 Å². The Hall–Kier alpha value is -1.96. The van der Waals surface area contributed by atoms with Crippen molar-refractivity contribution in [2.45, 2.75) is 44.2 Å². The Morgan fingerprint density at radius 3 is 2.62 bits per heavy atom. The molecule has 0 atom stereocenters. The number of morpholine rings is 1. The maximum Gasteiger partial charge on any atom is 0.251 e. The van der Waals surface area contributed by atoms with Crippen LogP contribution in [-0.4, -0.2) is 54.2 Å². The summed E-state index contributed by atoms with van der Waals surface area (Å²) in [7, 11) is 0. The number of thiazole rings is 1. The molecule has 7 heteroatoms. The molecular formula is C22H29N3O3S. The van der Waals surface area contributed by atoms with E-state index >= 15 is 0 Å². The van der Waals surface area contributed by atoms with Crippen LogP contribution in [-0.2, 0) is 11.3 Å². The topological polar surface area (TPSA) is 63.7 Å². The highest BCUT2D eigenvalue weighted by Gasteiger charge is 2.38. The van der Waals surface area contributed by atoms with Crippen LogP contribution >= 0.6 is 11.3 Å². The minimum absolute atomic E-state index is 0.0192. The molecule has 156 valence electrons. The molecule has 2 fully saturated rings. The zero-order valence-electron chi connectivity index (χ0n) is 16.8. The van der Waals surface area contributed by atoms with Gasteiger partial charge in [-0.15, -0.1) is 11.3 Å². The monoisotopic (exact) mass is 415 g/mol. The highest BCUT2D eigenvalue weighted by atomic mass is 32.1. The number of amides is 1. The van der Waals surface area contributed by atoms with E-state index in [4.69, 9.17) is 9.47 Å². The number of carbonyl (C=O) groups excluding carboxylic acids is 1. The quantitative estimate of drug-likeness (QED) is 0.750. The average molecular weight is 416 g/mol. The van der Waals surface area contributed by atoms with Crippen LogP contribution in [0.25, 0.3) is 0 Å². The molecule has 0 unspecified atom stereocenters. The molecule has 2 heterocycles. The van der Waals surface area contributed by atoms with Crippen molar-refractivity contribution < 1.29 is 14.3 Å². The molecular weight excluding hydrogens is 386 g/mol. The molecule has 1 aromatic carbocycles. The standard InChI is InChI=1S/C22H29N3O3S/c26-21(18-4-6-20(7-5-18)28-14-19-15-29-17-24-19)23-16-22(8-2-1-3-9-22)25-10-12-27-13-11-25/h4-7,15,17H,1-3,8-14,16H2,(H,23,26). The van der Waals surface area contributed by atoms with Crippen molar-refractivity contribution in [3.8, 4) is 5.75 Å². The summed E-state index contributed by atoms with van der Waals surface area (Å²) >= 11 is 1.55. The van der Waals surface area contributed by atoms with E-state index in [0.717, 1.165) is 50.6 Å². The lowest BCUT2D eigenvalue weighted by Gasteiger charge is -2.48. The first-order chi connectivity index (χ1) is 14.3. The van der Waals surface area contributed by atoms with Gasteiger partial charge in [0.15, 0.2) is 0 Å². The summed E-state index contributed by atoms with van der Waals surface area (Å²) < 4.78 is 11.3. The van der Waals surface area contributed by atoms with E-state index in [0.29, 0.717) is 18.7 Å². The Bertz CT molecular complexity index is 767. The fourth-order valence-corrected chi connectivity index (χ4v) is 4.91. The van der Waals surface area contributed by atoms with E-state index < -0.39 is 0 Å². The predicted octanol–water partition coefficient (Wildman–Crippen LogP) is 3.49. The molecule has 4 rings (SSSR count). The molecule has 0 radical (unpaired) electrons. The summed E-state index contributed by atoms with van der Waals surface area (Å²) in [5, 5.41) is 5.18. The zero-order chi connectivity index (χ0) is 19.9. The molecule has 6 nitrogen and oxygen atoms in total. The predicted molar refractivity (Wildman–Crippen MR) is 113 cm³/mol. The minimum Gasteiger partial charge on any atom is -0.487 e. The molecule has 1 amide bonds. The molecule has 1 saturated heterocycles. The van der Waals surface area contributed by atoms with Crippen LogP contribution in [0.3, 0.4) is 0 Å². The number of aromatic nitrogens is 1. The van der Waals surface area contributed by atoms with Crippen LogP contribution in [0.15, 0.2) is 35.2 Å². The number of hydrogen-bond donors (Lipinski definition) is 1. The van der Waals surface area contributed by atoms with E-state index in [9.17, 15) is 4.79 Å². The third kappa shape index (κ3) is 5.15. The van der Waals surface area contributed by atoms with Crippen LogP contribution in [0.2, 0.25) is 0 Å². The summed E-state index contributed by atoms with van der Waals surface area (Å²) in [4.78, 5) is 19.5. The number of benzene rings is 1. The van der Waals surface area contributed by atoms with E-state index in [2.05, 4.69) is 15.2 Å². The summed E-state index contributed by atoms with van der Waals surface area (Å²) in [6.07, 6.45) is 6.06. The second-order valence-corrected chi connectivity index (χ2v) is 8.58. The molecule has 1 aromatic heterocycles. The van der Waals surface area contributed by atoms with Crippen molar-refractivity contribution in [3.05, 3.63) is 46.4 Å². The number of nitrogens with one attached hydrogen (secondary N) is 1. The SMILES string of the molecule is O=C(NCC1(N2CCOCC2)CCCCC1)c1ccc(OCc2cscn2)cc1. The Labute approximate surface area is 176 Å². The second-order valence-electron chi connectivity index (χ2n) is 7.86. The number of carbonyl (C=O) groups is 1. The fraction of sp³-hybridized carbons (Fsp3) is 0.545. The summed E-state index contributed by atoms with van der Waals surface area (Å²) in [6.45, 7) is 4.64. The number of hydrogen-bond acceptors (Lipinski definition) is 6. The third-order valence-corrected chi connectivity index (χ3v) is 6.67. The smallest absolute Gasteiger partial charge is 0.251 e. The Kier molecular flexibility index (Phi) is 6.79. The van der Waals surface area contributed by atoms with Gasteiger partial charge in [-0.1, -0.05) is 19.3 Å². The molecule has 0 bridgehead atoms. The maximum absolute atomic E-state index is 12.8. The largest absolute Gasteiger partial charge is 0.487 e. The lowest BCUT2D eigenvalue weighted by atomic mass is 9.79. The van der Waals surface area contributed by atoms with Gasteiger partial charge in [-0.2, -0.15) is 0 Å². The maximum atomic E-state index is 12.8. The molecule has 0 spiro atoms. The van der Waals surface area contributed by atoms with Crippen molar-refractivity contribution in [2.75, 3.05) is 32.8 Å². The Morgan fingerprint density at radius 2 is 1.93 bits per heavy atom. The number of nitrogens with zero attached hydrogens (tertiary/aromatic N) is 2. The minimum atomic E-state index is -0.0192. The van der Waals surface area contributed by atoms with Crippen molar-refractivity contribution >= 4 is 17.2 Å². The van der Waals surface area contributed by atoms with Crippen LogP contribution in [0.4, 0.5) is 0 Å². The van der Waals surface area contributed by atoms with Gasteiger partial charge in [0.1, 0.15) is 12.4 Å².